The molecule has 4 aromatic rings. The van der Waals surface area contributed by atoms with Crippen LogP contribution in [-0.2, 0) is 13.5 Å². The summed E-state index contributed by atoms with van der Waals surface area (Å²) in [5, 5.41) is 7.22. The molecule has 0 bridgehead atoms. The predicted molar refractivity (Wildman–Crippen MR) is 137 cm³/mol. The average Bonchev–Trinajstić information content (AvgIpc) is 2.85. The summed E-state index contributed by atoms with van der Waals surface area (Å²) in [5.74, 6) is 0. The molecule has 4 rings (SSSR count). The molecule has 0 heterocycles. The summed E-state index contributed by atoms with van der Waals surface area (Å²) in [6.07, 6.45) is 1.09. The van der Waals surface area contributed by atoms with E-state index in [9.17, 15) is 0 Å². The molecule has 4 heteroatoms. The van der Waals surface area contributed by atoms with E-state index in [0.29, 0.717) is 5.40 Å². The zero-order valence-corrected chi connectivity index (χ0v) is 20.7. The zero-order chi connectivity index (χ0) is 21.3. The van der Waals surface area contributed by atoms with Crippen LogP contribution in [0.15, 0.2) is 121 Å². The van der Waals surface area contributed by atoms with Crippen molar-refractivity contribution in [3.05, 3.63) is 121 Å². The van der Waals surface area contributed by atoms with Crippen molar-refractivity contribution in [1.29, 1.82) is 0 Å². The van der Waals surface area contributed by atoms with Crippen molar-refractivity contribution in [2.75, 3.05) is 0 Å². The van der Waals surface area contributed by atoms with Gasteiger partial charge in [-0.15, -0.1) is 0 Å². The first kappa shape index (κ1) is 22.7. The first-order chi connectivity index (χ1) is 15.4. The number of rotatable bonds is 9. The fourth-order valence-corrected chi connectivity index (χ4v) is 12.1. The minimum atomic E-state index is -0.552. The quantitative estimate of drug-likeness (QED) is 0.177. The molecule has 160 valence electrons. The van der Waals surface area contributed by atoms with E-state index in [2.05, 4.69) is 121 Å². The van der Waals surface area contributed by atoms with Crippen molar-refractivity contribution in [1.82, 2.24) is 0 Å². The van der Waals surface area contributed by atoms with Gasteiger partial charge in [0.2, 0.25) is 0 Å². The van der Waals surface area contributed by atoms with E-state index in [1.54, 1.807) is 0 Å². The molecule has 0 atom stereocenters. The predicted octanol–water partition coefficient (Wildman–Crippen LogP) is 6.62. The number of hydrogen-bond acceptors (Lipinski definition) is 0. The molecule has 0 saturated carbocycles. The van der Waals surface area contributed by atoms with Crippen LogP contribution >= 0.6 is 26.0 Å². The first-order valence-electron chi connectivity index (χ1n) is 10.3. The van der Waals surface area contributed by atoms with E-state index in [1.807, 2.05) is 0 Å². The monoisotopic (exact) mass is 504 g/mol. The van der Waals surface area contributed by atoms with Gasteiger partial charge in [0.15, 0.2) is 0 Å². The van der Waals surface area contributed by atoms with Crippen molar-refractivity contribution < 1.29 is 13.5 Å². The molecule has 0 spiro atoms. The Morgan fingerprint density at radius 2 is 0.806 bits per heavy atom. The fourth-order valence-electron chi connectivity index (χ4n) is 3.83. The van der Waals surface area contributed by atoms with Gasteiger partial charge in [0, 0.05) is 0 Å². The molecule has 31 heavy (non-hydrogen) atoms. The van der Waals surface area contributed by atoms with E-state index >= 15 is 0 Å². The van der Waals surface area contributed by atoms with E-state index in [1.165, 1.54) is 34.8 Å². The normalized spacial score (nSPS) is 11.5. The van der Waals surface area contributed by atoms with Gasteiger partial charge in [0.1, 0.15) is 0 Å². The summed E-state index contributed by atoms with van der Waals surface area (Å²) in [6.45, 7) is 0. The van der Waals surface area contributed by atoms with Crippen LogP contribution in [0.3, 0.4) is 0 Å². The van der Waals surface area contributed by atoms with Crippen molar-refractivity contribution in [3.8, 4) is 0 Å². The zero-order valence-electron chi connectivity index (χ0n) is 17.1. The molecule has 4 aromatic carbocycles. The maximum atomic E-state index is 6.19. The van der Waals surface area contributed by atoms with Gasteiger partial charge in [0.25, 0.3) is 0 Å². The third-order valence-electron chi connectivity index (χ3n) is 5.14. The molecule has 0 aliphatic carbocycles. The molecule has 0 radical (unpaired) electrons. The summed E-state index contributed by atoms with van der Waals surface area (Å²) in [6, 6.07) is 44.4. The van der Waals surface area contributed by atoms with Crippen LogP contribution in [0.25, 0.3) is 0 Å². The summed E-state index contributed by atoms with van der Waals surface area (Å²) in [4.78, 5) is 0. The van der Waals surface area contributed by atoms with Crippen molar-refractivity contribution in [3.63, 3.8) is 0 Å². The van der Waals surface area contributed by atoms with Crippen LogP contribution in [0.2, 0.25) is 5.39 Å². The van der Waals surface area contributed by atoms with Crippen molar-refractivity contribution >= 4 is 47.3 Å². The average molecular weight is 506 g/mol. The molecule has 0 aliphatic heterocycles. The van der Waals surface area contributed by atoms with E-state index in [4.69, 9.17) is 10.2 Å². The first-order valence-corrected chi connectivity index (χ1v) is 15.2. The van der Waals surface area contributed by atoms with Crippen LogP contribution in [0.5, 0.6) is 0 Å². The van der Waals surface area contributed by atoms with Gasteiger partial charge in [0.05, 0.1) is 0 Å². The SMILES string of the molecule is [Cl][Ni][CH2]CC(P(c1ccccc1)c1ccccc1)P(c1ccccc1)c1ccccc1. The van der Waals surface area contributed by atoms with Crippen LogP contribution in [-0.4, -0.2) is 5.40 Å². The molecular weight excluding hydrogens is 480 g/mol. The second-order valence-corrected chi connectivity index (χ2v) is 13.7. The Morgan fingerprint density at radius 1 is 0.516 bits per heavy atom. The van der Waals surface area contributed by atoms with E-state index < -0.39 is 15.8 Å². The van der Waals surface area contributed by atoms with Crippen LogP contribution < -0.4 is 21.2 Å². The Labute approximate surface area is 198 Å². The third kappa shape index (κ3) is 5.86. The van der Waals surface area contributed by atoms with Crippen LogP contribution in [0, 0.1) is 0 Å². The fraction of sp³-hybridized carbons (Fsp3) is 0.111. The number of halogens is 1. The van der Waals surface area contributed by atoms with Gasteiger partial charge < -0.3 is 0 Å². The Bertz CT molecular complexity index is 868. The van der Waals surface area contributed by atoms with Crippen LogP contribution in [0.1, 0.15) is 6.42 Å². The number of benzene rings is 4. The molecule has 0 saturated heterocycles. The Morgan fingerprint density at radius 3 is 1.06 bits per heavy atom. The molecule has 0 amide bonds. The molecule has 0 aliphatic rings. The molecule has 0 nitrogen and oxygen atoms in total. The molecule has 0 fully saturated rings. The standard InChI is InChI=1S/C27H25P2.ClH.Ni/c1-2-27(28(23-15-7-3-8-16-23)24-17-9-4-10-18-24)29(25-19-11-5-12-20-25)26-21-13-6-14-22-26;;/h3-22,27H,1-2H2;1H;/q;;+1/p-1. The molecule has 0 unspecified atom stereocenters. The minimum absolute atomic E-state index is 0.497. The van der Waals surface area contributed by atoms with E-state index in [-0.39, 0.29) is 0 Å². The second kappa shape index (κ2) is 11.9. The summed E-state index contributed by atoms with van der Waals surface area (Å²) < 4.78 is 0. The van der Waals surface area contributed by atoms with Gasteiger partial charge in [-0.25, -0.2) is 0 Å². The molecule has 0 aromatic heterocycles. The third-order valence-corrected chi connectivity index (χ3v) is 12.6. The van der Waals surface area contributed by atoms with E-state index in [0.717, 1.165) is 11.8 Å². The Hall–Kier alpha value is -1.48. The van der Waals surface area contributed by atoms with Gasteiger partial charge in [-0.3, -0.25) is 0 Å². The second-order valence-electron chi connectivity index (χ2n) is 7.09. The van der Waals surface area contributed by atoms with Gasteiger partial charge in [-0.05, 0) is 0 Å². The van der Waals surface area contributed by atoms with Gasteiger partial charge in [-0.1, -0.05) is 0 Å². The Balaban J connectivity index is 1.89. The molecule has 0 N–H and O–H groups in total. The maximum absolute atomic E-state index is 6.19. The summed E-state index contributed by atoms with van der Waals surface area (Å²) >= 11 is 1.25. The topological polar surface area (TPSA) is 0 Å². The summed E-state index contributed by atoms with van der Waals surface area (Å²) in [5.41, 5.74) is 0. The Kier molecular flexibility index (Phi) is 8.75. The van der Waals surface area contributed by atoms with Gasteiger partial charge >= 0.3 is 199 Å². The van der Waals surface area contributed by atoms with Crippen molar-refractivity contribution in [2.24, 2.45) is 0 Å². The number of hydrogen-bond donors (Lipinski definition) is 0. The van der Waals surface area contributed by atoms with Gasteiger partial charge in [-0.2, -0.15) is 0 Å². The van der Waals surface area contributed by atoms with Crippen molar-refractivity contribution in [2.45, 2.75) is 17.2 Å². The van der Waals surface area contributed by atoms with Crippen LogP contribution in [0.4, 0.5) is 0 Å². The summed E-state index contributed by atoms with van der Waals surface area (Å²) in [7, 11) is 5.09. The molecular formula is C27H25ClNiP2.